The van der Waals surface area contributed by atoms with Crippen molar-refractivity contribution >= 4 is 17.3 Å². The molecule has 1 aromatic rings. The number of phenols is 1. The fraction of sp³-hybridized carbons (Fsp3) is 0.682. The van der Waals surface area contributed by atoms with E-state index in [1.807, 2.05) is 6.92 Å². The number of benzene rings is 1. The molecule has 0 radical (unpaired) electrons. The van der Waals surface area contributed by atoms with Gasteiger partial charge in [-0.3, -0.25) is 14.9 Å². The van der Waals surface area contributed by atoms with Gasteiger partial charge in [0.25, 0.3) is 5.69 Å². The first-order valence-corrected chi connectivity index (χ1v) is 10.7. The smallest absolute Gasteiger partial charge is 0.271 e. The van der Waals surface area contributed by atoms with Crippen molar-refractivity contribution in [3.8, 4) is 5.75 Å². The second-order valence-corrected chi connectivity index (χ2v) is 7.67. The summed E-state index contributed by atoms with van der Waals surface area (Å²) < 4.78 is 0. The van der Waals surface area contributed by atoms with E-state index in [-0.39, 0.29) is 28.9 Å². The third kappa shape index (κ3) is 9.72. The Kier molecular flexibility index (Phi) is 11.9. The first-order chi connectivity index (χ1) is 13.5. The molecule has 1 unspecified atom stereocenters. The summed E-state index contributed by atoms with van der Waals surface area (Å²) in [6, 6.07) is 3.62. The second-order valence-electron chi connectivity index (χ2n) is 7.67. The van der Waals surface area contributed by atoms with E-state index < -0.39 is 4.92 Å². The number of nitrogens with zero attached hydrogens (tertiary/aromatic N) is 1. The maximum Gasteiger partial charge on any atom is 0.271 e. The summed E-state index contributed by atoms with van der Waals surface area (Å²) in [6.07, 6.45) is 14.7. The van der Waals surface area contributed by atoms with Gasteiger partial charge < -0.3 is 10.4 Å². The van der Waals surface area contributed by atoms with Gasteiger partial charge in [0.15, 0.2) is 0 Å². The number of carbonyl (C=O) groups excluding carboxylic acids is 1. The minimum absolute atomic E-state index is 0.0880. The molecule has 0 aromatic heterocycles. The highest BCUT2D eigenvalue weighted by atomic mass is 16.6. The van der Waals surface area contributed by atoms with E-state index in [0.29, 0.717) is 0 Å². The van der Waals surface area contributed by atoms with Gasteiger partial charge in [-0.15, -0.1) is 0 Å². The van der Waals surface area contributed by atoms with Crippen molar-refractivity contribution in [1.82, 2.24) is 0 Å². The van der Waals surface area contributed by atoms with Crippen molar-refractivity contribution in [2.24, 2.45) is 5.92 Å². The largest absolute Gasteiger partial charge is 0.506 e. The summed E-state index contributed by atoms with van der Waals surface area (Å²) in [5, 5.41) is 23.2. The highest BCUT2D eigenvalue weighted by molar-refractivity contribution is 5.94. The molecule has 0 aliphatic heterocycles. The van der Waals surface area contributed by atoms with E-state index >= 15 is 0 Å². The van der Waals surface area contributed by atoms with Crippen molar-refractivity contribution in [2.45, 2.75) is 90.9 Å². The molecule has 2 N–H and O–H groups in total. The van der Waals surface area contributed by atoms with Crippen molar-refractivity contribution in [3.63, 3.8) is 0 Å². The Hall–Kier alpha value is -2.11. The van der Waals surface area contributed by atoms with Crippen LogP contribution in [-0.4, -0.2) is 15.9 Å². The van der Waals surface area contributed by atoms with Crippen molar-refractivity contribution in [2.75, 3.05) is 5.32 Å². The molecule has 0 aliphatic rings. The van der Waals surface area contributed by atoms with Crippen LogP contribution in [0.4, 0.5) is 11.4 Å². The van der Waals surface area contributed by atoms with Crippen LogP contribution in [0.25, 0.3) is 0 Å². The van der Waals surface area contributed by atoms with Gasteiger partial charge in [0, 0.05) is 18.1 Å². The fourth-order valence-corrected chi connectivity index (χ4v) is 3.24. The summed E-state index contributed by atoms with van der Waals surface area (Å²) in [6.45, 7) is 4.09. The summed E-state index contributed by atoms with van der Waals surface area (Å²) in [4.78, 5) is 22.5. The van der Waals surface area contributed by atoms with Crippen molar-refractivity contribution in [3.05, 3.63) is 28.3 Å². The molecule has 1 amide bonds. The van der Waals surface area contributed by atoms with Gasteiger partial charge in [-0.1, -0.05) is 84.5 Å². The number of nitrogens with one attached hydrogen (secondary N) is 1. The molecular weight excluding hydrogens is 356 g/mol. The predicted molar refractivity (Wildman–Crippen MR) is 114 cm³/mol. The number of nitro groups is 1. The standard InChI is InChI=1S/C22H36N2O4/c1-3-4-5-6-7-8-9-10-11-12-13-14-18(2)22(26)23-20-17-19(24(27)28)15-16-21(20)25/h15-18,25H,3-14H2,1-2H3,(H,23,26). The molecule has 0 saturated carbocycles. The maximum atomic E-state index is 12.3. The lowest BCUT2D eigenvalue weighted by Gasteiger charge is -2.13. The fourth-order valence-electron chi connectivity index (χ4n) is 3.24. The molecule has 158 valence electrons. The molecular formula is C22H36N2O4. The van der Waals surface area contributed by atoms with Crippen LogP contribution >= 0.6 is 0 Å². The molecule has 6 nitrogen and oxygen atoms in total. The first kappa shape index (κ1) is 23.9. The molecule has 1 aromatic carbocycles. The number of anilines is 1. The zero-order valence-corrected chi connectivity index (χ0v) is 17.4. The van der Waals surface area contributed by atoms with Crippen LogP contribution in [0.1, 0.15) is 90.9 Å². The van der Waals surface area contributed by atoms with Gasteiger partial charge in [-0.25, -0.2) is 0 Å². The van der Waals surface area contributed by atoms with Crippen molar-refractivity contribution in [1.29, 1.82) is 0 Å². The van der Waals surface area contributed by atoms with Crippen LogP contribution < -0.4 is 5.32 Å². The lowest BCUT2D eigenvalue weighted by atomic mass is 10.0. The molecule has 1 atom stereocenters. The summed E-state index contributed by atoms with van der Waals surface area (Å²) >= 11 is 0. The van der Waals surface area contributed by atoms with E-state index in [4.69, 9.17) is 0 Å². The zero-order chi connectivity index (χ0) is 20.8. The van der Waals surface area contributed by atoms with E-state index in [2.05, 4.69) is 12.2 Å². The average molecular weight is 393 g/mol. The monoisotopic (exact) mass is 392 g/mol. The van der Waals surface area contributed by atoms with Crippen LogP contribution in [0.5, 0.6) is 5.75 Å². The van der Waals surface area contributed by atoms with E-state index in [1.54, 1.807) is 0 Å². The number of non-ortho nitro benzene ring substituents is 1. The number of hydrogen-bond donors (Lipinski definition) is 2. The second kappa shape index (κ2) is 14.0. The van der Waals surface area contributed by atoms with Gasteiger partial charge >= 0.3 is 0 Å². The number of aromatic hydroxyl groups is 1. The number of unbranched alkanes of at least 4 members (excludes halogenated alkanes) is 10. The van der Waals surface area contributed by atoms with E-state index in [1.165, 1.54) is 76.0 Å². The van der Waals surface area contributed by atoms with Crippen LogP contribution in [0, 0.1) is 16.0 Å². The van der Waals surface area contributed by atoms with Gasteiger partial charge in [0.05, 0.1) is 10.6 Å². The van der Waals surface area contributed by atoms with Crippen LogP contribution in [0.2, 0.25) is 0 Å². The Balaban J connectivity index is 2.17. The lowest BCUT2D eigenvalue weighted by molar-refractivity contribution is -0.384. The van der Waals surface area contributed by atoms with Crippen LogP contribution in [-0.2, 0) is 4.79 Å². The number of nitro benzene ring substituents is 1. The highest BCUT2D eigenvalue weighted by Gasteiger charge is 2.16. The highest BCUT2D eigenvalue weighted by Crippen LogP contribution is 2.28. The first-order valence-electron chi connectivity index (χ1n) is 10.7. The maximum absolute atomic E-state index is 12.3. The average Bonchev–Trinajstić information content (AvgIpc) is 2.67. The molecule has 0 aliphatic carbocycles. The van der Waals surface area contributed by atoms with Gasteiger partial charge in [0.2, 0.25) is 5.91 Å². The SMILES string of the molecule is CCCCCCCCCCCCCC(C)C(=O)Nc1cc([N+](=O)[O-])ccc1O. The number of carbonyl (C=O) groups is 1. The number of rotatable bonds is 15. The van der Waals surface area contributed by atoms with Gasteiger partial charge in [-0.2, -0.15) is 0 Å². The zero-order valence-electron chi connectivity index (χ0n) is 17.4. The van der Waals surface area contributed by atoms with E-state index in [0.717, 1.165) is 19.3 Å². The minimum atomic E-state index is -0.552. The summed E-state index contributed by atoms with van der Waals surface area (Å²) in [5.74, 6) is -0.582. The summed E-state index contributed by atoms with van der Waals surface area (Å²) in [5.41, 5.74) is -0.0731. The quantitative estimate of drug-likeness (QED) is 0.153. The molecule has 0 spiro atoms. The van der Waals surface area contributed by atoms with Crippen molar-refractivity contribution < 1.29 is 14.8 Å². The Labute approximate surface area is 168 Å². The van der Waals surface area contributed by atoms with Crippen LogP contribution in [0.3, 0.4) is 0 Å². The Bertz CT molecular complexity index is 604. The topological polar surface area (TPSA) is 92.5 Å². The van der Waals surface area contributed by atoms with E-state index in [9.17, 15) is 20.0 Å². The third-order valence-corrected chi connectivity index (χ3v) is 5.14. The number of phenolic OH excluding ortho intramolecular Hbond substituents is 1. The Morgan fingerprint density at radius 3 is 2.11 bits per heavy atom. The summed E-state index contributed by atoms with van der Waals surface area (Å²) in [7, 11) is 0. The molecule has 0 heterocycles. The van der Waals surface area contributed by atoms with Crippen LogP contribution in [0.15, 0.2) is 18.2 Å². The molecule has 0 saturated heterocycles. The molecule has 0 bridgehead atoms. The van der Waals surface area contributed by atoms with Gasteiger partial charge in [0.1, 0.15) is 5.75 Å². The molecule has 1 rings (SSSR count). The Morgan fingerprint density at radius 1 is 1.04 bits per heavy atom. The lowest BCUT2D eigenvalue weighted by Crippen LogP contribution is -2.20. The Morgan fingerprint density at radius 2 is 1.57 bits per heavy atom. The van der Waals surface area contributed by atoms with Gasteiger partial charge in [-0.05, 0) is 12.5 Å². The number of amides is 1. The minimum Gasteiger partial charge on any atom is -0.506 e. The third-order valence-electron chi connectivity index (χ3n) is 5.14. The predicted octanol–water partition coefficient (Wildman–Crippen LogP) is 6.58. The number of hydrogen-bond acceptors (Lipinski definition) is 4. The molecule has 28 heavy (non-hydrogen) atoms. The molecule has 0 fully saturated rings. The normalized spacial score (nSPS) is 11.9. The molecule has 6 heteroatoms.